The Labute approximate surface area is 171 Å². The van der Waals surface area contributed by atoms with Crippen LogP contribution in [-0.2, 0) is 11.2 Å². The van der Waals surface area contributed by atoms with E-state index < -0.39 is 0 Å². The van der Waals surface area contributed by atoms with Crippen molar-refractivity contribution >= 4 is 23.3 Å². The van der Waals surface area contributed by atoms with Crippen molar-refractivity contribution in [2.24, 2.45) is 4.99 Å². The molecule has 1 heterocycles. The van der Waals surface area contributed by atoms with E-state index in [9.17, 15) is 4.79 Å². The van der Waals surface area contributed by atoms with Crippen molar-refractivity contribution in [2.75, 3.05) is 19.7 Å². The van der Waals surface area contributed by atoms with Crippen LogP contribution >= 0.6 is 11.3 Å². The van der Waals surface area contributed by atoms with Crippen LogP contribution in [0.25, 0.3) is 0 Å². The molecule has 6 nitrogen and oxygen atoms in total. The Morgan fingerprint density at radius 2 is 2.04 bits per heavy atom. The van der Waals surface area contributed by atoms with Gasteiger partial charge >= 0.3 is 5.97 Å². The summed E-state index contributed by atoms with van der Waals surface area (Å²) >= 11 is 1.37. The van der Waals surface area contributed by atoms with Crippen LogP contribution in [0.1, 0.15) is 59.2 Å². The fraction of sp³-hybridized carbons (Fsp3) is 0.476. The molecule has 0 aliphatic rings. The van der Waals surface area contributed by atoms with Crippen LogP contribution in [0.15, 0.2) is 35.3 Å². The average molecular weight is 403 g/mol. The SMILES string of the molecule is CCNC(=NCCCc1ccccc1)NC(C)c1nc(C)c(C(=O)OCC)s1. The standard InChI is InChI=1S/C21H30N4O2S/c1-5-22-21(23-14-10-13-17-11-8-7-9-12-17)25-16(4)19-24-15(3)18(28-19)20(26)27-6-2/h7-9,11-12,16H,5-6,10,13-14H2,1-4H3,(H2,22,23,25). The summed E-state index contributed by atoms with van der Waals surface area (Å²) < 4.78 is 5.10. The molecule has 28 heavy (non-hydrogen) atoms. The number of guanidine groups is 1. The van der Waals surface area contributed by atoms with Crippen LogP contribution in [0.2, 0.25) is 0 Å². The summed E-state index contributed by atoms with van der Waals surface area (Å²) in [6.45, 7) is 9.57. The lowest BCUT2D eigenvalue weighted by atomic mass is 10.1. The summed E-state index contributed by atoms with van der Waals surface area (Å²) in [5.74, 6) is 0.450. The van der Waals surface area contributed by atoms with Crippen LogP contribution in [0.3, 0.4) is 0 Å². The quantitative estimate of drug-likeness (QED) is 0.288. The highest BCUT2D eigenvalue weighted by Crippen LogP contribution is 2.24. The zero-order chi connectivity index (χ0) is 20.4. The summed E-state index contributed by atoms with van der Waals surface area (Å²) in [6.07, 6.45) is 1.99. The first-order valence-electron chi connectivity index (χ1n) is 9.78. The third-order valence-electron chi connectivity index (χ3n) is 4.08. The number of hydrogen-bond donors (Lipinski definition) is 2. The highest BCUT2D eigenvalue weighted by molar-refractivity contribution is 7.13. The summed E-state index contributed by atoms with van der Waals surface area (Å²) in [5.41, 5.74) is 2.03. The predicted molar refractivity (Wildman–Crippen MR) is 115 cm³/mol. The second-order valence-corrected chi connectivity index (χ2v) is 7.43. The number of nitrogens with zero attached hydrogens (tertiary/aromatic N) is 2. The van der Waals surface area contributed by atoms with Gasteiger partial charge in [-0.25, -0.2) is 9.78 Å². The van der Waals surface area contributed by atoms with E-state index in [1.54, 1.807) is 6.92 Å². The van der Waals surface area contributed by atoms with Crippen LogP contribution in [0.4, 0.5) is 0 Å². The molecule has 1 aromatic carbocycles. The number of hydrogen-bond acceptors (Lipinski definition) is 5. The molecule has 152 valence electrons. The third-order valence-corrected chi connectivity index (χ3v) is 5.40. The van der Waals surface area contributed by atoms with Crippen molar-refractivity contribution in [3.05, 3.63) is 51.5 Å². The maximum atomic E-state index is 12.0. The molecule has 0 aliphatic carbocycles. The van der Waals surface area contributed by atoms with Crippen LogP contribution < -0.4 is 10.6 Å². The Balaban J connectivity index is 1.95. The van der Waals surface area contributed by atoms with Gasteiger partial charge in [0.15, 0.2) is 5.96 Å². The molecule has 1 unspecified atom stereocenters. The van der Waals surface area contributed by atoms with Crippen LogP contribution in [-0.4, -0.2) is 36.6 Å². The minimum Gasteiger partial charge on any atom is -0.462 e. The number of carbonyl (C=O) groups is 1. The van der Waals surface area contributed by atoms with Gasteiger partial charge in [0.1, 0.15) is 9.88 Å². The smallest absolute Gasteiger partial charge is 0.350 e. The number of ether oxygens (including phenoxy) is 1. The predicted octanol–water partition coefficient (Wildman–Crippen LogP) is 3.88. The van der Waals surface area contributed by atoms with E-state index in [2.05, 4.69) is 44.9 Å². The molecule has 1 aromatic heterocycles. The minimum atomic E-state index is -0.308. The van der Waals surface area contributed by atoms with E-state index >= 15 is 0 Å². The molecule has 2 rings (SSSR count). The summed E-state index contributed by atoms with van der Waals surface area (Å²) in [6, 6.07) is 10.4. The number of esters is 1. The fourth-order valence-corrected chi connectivity index (χ4v) is 3.66. The molecule has 0 saturated heterocycles. The van der Waals surface area contributed by atoms with Crippen molar-refractivity contribution in [1.29, 1.82) is 0 Å². The van der Waals surface area contributed by atoms with Gasteiger partial charge in [0.05, 0.1) is 18.3 Å². The minimum absolute atomic E-state index is 0.0567. The molecule has 2 aromatic rings. The van der Waals surface area contributed by atoms with Crippen molar-refractivity contribution in [1.82, 2.24) is 15.6 Å². The number of aromatic nitrogens is 1. The first-order chi connectivity index (χ1) is 13.5. The Bertz CT molecular complexity index is 774. The second-order valence-electron chi connectivity index (χ2n) is 6.40. The number of rotatable bonds is 9. The number of nitrogens with one attached hydrogen (secondary N) is 2. The van der Waals surface area contributed by atoms with Gasteiger partial charge < -0.3 is 15.4 Å². The fourth-order valence-electron chi connectivity index (χ4n) is 2.69. The summed E-state index contributed by atoms with van der Waals surface area (Å²) in [4.78, 5) is 21.8. The highest BCUT2D eigenvalue weighted by Gasteiger charge is 2.20. The molecule has 0 fully saturated rings. The van der Waals surface area contributed by atoms with Crippen molar-refractivity contribution in [3.63, 3.8) is 0 Å². The van der Waals surface area contributed by atoms with Gasteiger partial charge in [-0.15, -0.1) is 11.3 Å². The topological polar surface area (TPSA) is 75.6 Å². The van der Waals surface area contributed by atoms with E-state index in [-0.39, 0.29) is 12.0 Å². The van der Waals surface area contributed by atoms with Crippen LogP contribution in [0, 0.1) is 6.92 Å². The highest BCUT2D eigenvalue weighted by atomic mass is 32.1. The molecule has 0 radical (unpaired) electrons. The Morgan fingerprint density at radius 1 is 1.29 bits per heavy atom. The maximum absolute atomic E-state index is 12.0. The lowest BCUT2D eigenvalue weighted by molar-refractivity contribution is 0.0531. The largest absolute Gasteiger partial charge is 0.462 e. The molecular formula is C21H30N4O2S. The first-order valence-corrected chi connectivity index (χ1v) is 10.6. The lowest BCUT2D eigenvalue weighted by Crippen LogP contribution is -2.38. The Hall–Kier alpha value is -2.41. The van der Waals surface area contributed by atoms with E-state index in [0.29, 0.717) is 17.2 Å². The summed E-state index contributed by atoms with van der Waals surface area (Å²) in [5, 5.41) is 7.49. The van der Waals surface area contributed by atoms with Gasteiger partial charge in [0.25, 0.3) is 0 Å². The molecule has 2 N–H and O–H groups in total. The molecule has 0 spiro atoms. The van der Waals surface area contributed by atoms with Gasteiger partial charge in [0, 0.05) is 13.1 Å². The van der Waals surface area contributed by atoms with E-state index in [4.69, 9.17) is 4.74 Å². The van der Waals surface area contributed by atoms with Gasteiger partial charge in [-0.05, 0) is 46.1 Å². The molecular weight excluding hydrogens is 372 g/mol. The van der Waals surface area contributed by atoms with Gasteiger partial charge in [-0.3, -0.25) is 4.99 Å². The monoisotopic (exact) mass is 402 g/mol. The normalized spacial score (nSPS) is 12.5. The molecule has 0 bridgehead atoms. The van der Waals surface area contributed by atoms with Gasteiger partial charge in [-0.1, -0.05) is 30.3 Å². The Morgan fingerprint density at radius 3 is 2.71 bits per heavy atom. The van der Waals surface area contributed by atoms with Gasteiger partial charge in [-0.2, -0.15) is 0 Å². The lowest BCUT2D eigenvalue weighted by Gasteiger charge is -2.16. The van der Waals surface area contributed by atoms with Crippen molar-refractivity contribution < 1.29 is 9.53 Å². The number of aryl methyl sites for hydroxylation is 2. The number of benzene rings is 1. The maximum Gasteiger partial charge on any atom is 0.350 e. The van der Waals surface area contributed by atoms with Crippen molar-refractivity contribution in [3.8, 4) is 0 Å². The number of aliphatic imine (C=N–C) groups is 1. The zero-order valence-electron chi connectivity index (χ0n) is 17.1. The van der Waals surface area contributed by atoms with Gasteiger partial charge in [0.2, 0.25) is 0 Å². The summed E-state index contributed by atoms with van der Waals surface area (Å²) in [7, 11) is 0. The molecule has 1 atom stereocenters. The average Bonchev–Trinajstić information content (AvgIpc) is 3.08. The second kappa shape index (κ2) is 11.4. The molecule has 0 aliphatic heterocycles. The third kappa shape index (κ3) is 6.64. The van der Waals surface area contributed by atoms with E-state index in [0.717, 1.165) is 36.9 Å². The van der Waals surface area contributed by atoms with E-state index in [1.807, 2.05) is 26.8 Å². The molecule has 7 heteroatoms. The van der Waals surface area contributed by atoms with E-state index in [1.165, 1.54) is 16.9 Å². The van der Waals surface area contributed by atoms with Crippen LogP contribution in [0.5, 0.6) is 0 Å². The Kier molecular flexibility index (Phi) is 8.94. The zero-order valence-corrected chi connectivity index (χ0v) is 17.9. The number of thiazole rings is 1. The molecule has 0 amide bonds. The first kappa shape index (κ1) is 21.9. The molecule has 0 saturated carbocycles. The van der Waals surface area contributed by atoms with Crippen molar-refractivity contribution in [2.45, 2.75) is 46.6 Å². The number of carbonyl (C=O) groups excluding carboxylic acids is 1.